The van der Waals surface area contributed by atoms with E-state index in [9.17, 15) is 9.59 Å². The Bertz CT molecular complexity index is 1320. The van der Waals surface area contributed by atoms with Crippen LogP contribution in [0.1, 0.15) is 28.1 Å². The lowest BCUT2D eigenvalue weighted by Gasteiger charge is -2.30. The molecule has 4 rings (SSSR count). The van der Waals surface area contributed by atoms with Crippen molar-refractivity contribution < 1.29 is 9.59 Å². The van der Waals surface area contributed by atoms with Crippen LogP contribution < -0.4 is 10.2 Å². The van der Waals surface area contributed by atoms with E-state index in [0.29, 0.717) is 5.69 Å². The standard InChI is InChI=1S/C25H22IN3O2S/c1-14-7-5-6-8-22(14)29-24(31)20(23(30)27-25(29)32)13-18-12-16(3)28(17(18)4)19-9-10-21(26)15(2)11-19/h5-13H,1-4H3,(H,27,30,32)/b20-13-. The van der Waals surface area contributed by atoms with E-state index in [4.69, 9.17) is 12.2 Å². The van der Waals surface area contributed by atoms with Crippen LogP contribution >= 0.6 is 34.8 Å². The molecule has 0 saturated carbocycles. The molecule has 1 aromatic heterocycles. The van der Waals surface area contributed by atoms with Crippen LogP contribution in [0.15, 0.2) is 54.1 Å². The Kier molecular flexibility index (Phi) is 6.05. The van der Waals surface area contributed by atoms with Crippen LogP contribution in [-0.4, -0.2) is 21.5 Å². The number of carbonyl (C=O) groups excluding carboxylic acids is 2. The minimum absolute atomic E-state index is 0.0564. The number of nitrogens with zero attached hydrogens (tertiary/aromatic N) is 2. The predicted octanol–water partition coefficient (Wildman–Crippen LogP) is 5.15. The highest BCUT2D eigenvalue weighted by Gasteiger charge is 2.35. The molecule has 7 heteroatoms. The molecule has 32 heavy (non-hydrogen) atoms. The molecule has 3 aromatic rings. The molecular formula is C25H22IN3O2S. The highest BCUT2D eigenvalue weighted by molar-refractivity contribution is 14.1. The Morgan fingerprint density at radius 3 is 2.38 bits per heavy atom. The predicted molar refractivity (Wildman–Crippen MR) is 140 cm³/mol. The molecule has 1 aliphatic heterocycles. The zero-order valence-electron chi connectivity index (χ0n) is 18.2. The number of anilines is 1. The number of aromatic nitrogens is 1. The second-order valence-electron chi connectivity index (χ2n) is 7.84. The van der Waals surface area contributed by atoms with Gasteiger partial charge in [-0.3, -0.25) is 19.8 Å². The second kappa shape index (κ2) is 8.63. The number of benzene rings is 2. The smallest absolute Gasteiger partial charge is 0.270 e. The lowest BCUT2D eigenvalue weighted by molar-refractivity contribution is -0.122. The molecule has 0 bridgehead atoms. The fraction of sp³-hybridized carbons (Fsp3) is 0.160. The van der Waals surface area contributed by atoms with Crippen molar-refractivity contribution in [1.82, 2.24) is 9.88 Å². The molecule has 0 aliphatic carbocycles. The summed E-state index contributed by atoms with van der Waals surface area (Å²) in [5.74, 6) is -0.914. The molecule has 2 amide bonds. The Labute approximate surface area is 206 Å². The van der Waals surface area contributed by atoms with Crippen molar-refractivity contribution in [2.24, 2.45) is 0 Å². The van der Waals surface area contributed by atoms with Crippen LogP contribution in [-0.2, 0) is 9.59 Å². The summed E-state index contributed by atoms with van der Waals surface area (Å²) in [6.07, 6.45) is 1.66. The quantitative estimate of drug-likeness (QED) is 0.211. The molecule has 0 spiro atoms. The van der Waals surface area contributed by atoms with Crippen LogP contribution in [0.5, 0.6) is 0 Å². The Morgan fingerprint density at radius 2 is 1.69 bits per heavy atom. The van der Waals surface area contributed by atoms with Gasteiger partial charge < -0.3 is 4.57 Å². The zero-order chi connectivity index (χ0) is 23.2. The van der Waals surface area contributed by atoms with Gasteiger partial charge in [-0.1, -0.05) is 18.2 Å². The average molecular weight is 555 g/mol. The van der Waals surface area contributed by atoms with Gasteiger partial charge in [0.25, 0.3) is 11.8 Å². The second-order valence-corrected chi connectivity index (χ2v) is 9.39. The van der Waals surface area contributed by atoms with Gasteiger partial charge in [-0.25, -0.2) is 0 Å². The summed E-state index contributed by atoms with van der Waals surface area (Å²) in [4.78, 5) is 27.5. The maximum absolute atomic E-state index is 13.4. The van der Waals surface area contributed by atoms with Crippen molar-refractivity contribution >= 4 is 63.5 Å². The van der Waals surface area contributed by atoms with Gasteiger partial charge in [0, 0.05) is 20.6 Å². The van der Waals surface area contributed by atoms with E-state index in [1.807, 2.05) is 51.1 Å². The number of carbonyl (C=O) groups is 2. The van der Waals surface area contributed by atoms with E-state index in [1.165, 1.54) is 14.0 Å². The number of hydrogen-bond donors (Lipinski definition) is 1. The number of para-hydroxylation sites is 1. The fourth-order valence-corrected chi connectivity index (χ4v) is 4.55. The van der Waals surface area contributed by atoms with Crippen molar-refractivity contribution in [1.29, 1.82) is 0 Å². The van der Waals surface area contributed by atoms with E-state index in [2.05, 4.69) is 57.6 Å². The highest BCUT2D eigenvalue weighted by atomic mass is 127. The minimum atomic E-state index is -0.486. The van der Waals surface area contributed by atoms with Crippen molar-refractivity contribution in [3.8, 4) is 5.69 Å². The molecule has 1 N–H and O–H groups in total. The number of amides is 2. The Hall–Kier alpha value is -2.78. The van der Waals surface area contributed by atoms with Crippen LogP contribution in [0.25, 0.3) is 11.8 Å². The summed E-state index contributed by atoms with van der Waals surface area (Å²) in [5, 5.41) is 2.75. The van der Waals surface area contributed by atoms with Crippen molar-refractivity contribution in [2.75, 3.05) is 4.90 Å². The van der Waals surface area contributed by atoms with E-state index in [-0.39, 0.29) is 10.7 Å². The van der Waals surface area contributed by atoms with Gasteiger partial charge in [-0.15, -0.1) is 0 Å². The number of rotatable bonds is 3. The lowest BCUT2D eigenvalue weighted by Crippen LogP contribution is -2.54. The maximum atomic E-state index is 13.4. The fourth-order valence-electron chi connectivity index (χ4n) is 3.95. The van der Waals surface area contributed by atoms with E-state index < -0.39 is 11.8 Å². The van der Waals surface area contributed by atoms with Gasteiger partial charge in [0.1, 0.15) is 5.57 Å². The summed E-state index contributed by atoms with van der Waals surface area (Å²) in [6, 6.07) is 15.7. The Balaban J connectivity index is 1.78. The number of aryl methyl sites for hydroxylation is 3. The first-order valence-electron chi connectivity index (χ1n) is 10.1. The third kappa shape index (κ3) is 3.91. The van der Waals surface area contributed by atoms with Gasteiger partial charge >= 0.3 is 0 Å². The molecule has 0 unspecified atom stereocenters. The van der Waals surface area contributed by atoms with Crippen LogP contribution in [0.2, 0.25) is 0 Å². The van der Waals surface area contributed by atoms with Gasteiger partial charge in [-0.2, -0.15) is 0 Å². The number of thiocarbonyl (C=S) groups is 1. The van der Waals surface area contributed by atoms with E-state index in [0.717, 1.165) is 28.2 Å². The summed E-state index contributed by atoms with van der Waals surface area (Å²) < 4.78 is 3.33. The van der Waals surface area contributed by atoms with Crippen LogP contribution in [0.4, 0.5) is 5.69 Å². The molecule has 162 valence electrons. The van der Waals surface area contributed by atoms with Gasteiger partial charge in [0.15, 0.2) is 5.11 Å². The van der Waals surface area contributed by atoms with Crippen molar-refractivity contribution in [2.45, 2.75) is 27.7 Å². The summed E-state index contributed by atoms with van der Waals surface area (Å²) in [7, 11) is 0. The van der Waals surface area contributed by atoms with Crippen LogP contribution in [0, 0.1) is 31.3 Å². The zero-order valence-corrected chi connectivity index (χ0v) is 21.2. The first-order chi connectivity index (χ1) is 15.2. The van der Waals surface area contributed by atoms with Crippen molar-refractivity contribution in [3.05, 3.63) is 85.8 Å². The van der Waals surface area contributed by atoms with E-state index in [1.54, 1.807) is 6.08 Å². The largest absolute Gasteiger partial charge is 0.318 e. The monoisotopic (exact) mass is 555 g/mol. The topological polar surface area (TPSA) is 54.3 Å². The first kappa shape index (κ1) is 22.4. The molecular weight excluding hydrogens is 533 g/mol. The Morgan fingerprint density at radius 1 is 0.969 bits per heavy atom. The molecule has 2 heterocycles. The third-order valence-corrected chi connectivity index (χ3v) is 7.12. The lowest BCUT2D eigenvalue weighted by atomic mass is 10.1. The van der Waals surface area contributed by atoms with E-state index >= 15 is 0 Å². The molecule has 0 atom stereocenters. The van der Waals surface area contributed by atoms with Crippen LogP contribution in [0.3, 0.4) is 0 Å². The summed E-state index contributed by atoms with van der Waals surface area (Å²) >= 11 is 7.64. The maximum Gasteiger partial charge on any atom is 0.270 e. The number of hydrogen-bond acceptors (Lipinski definition) is 3. The molecule has 1 saturated heterocycles. The van der Waals surface area contributed by atoms with Gasteiger partial charge in [0.2, 0.25) is 0 Å². The molecule has 5 nitrogen and oxygen atoms in total. The summed E-state index contributed by atoms with van der Waals surface area (Å²) in [5.41, 5.74) is 6.64. The molecule has 2 aromatic carbocycles. The minimum Gasteiger partial charge on any atom is -0.318 e. The van der Waals surface area contributed by atoms with Gasteiger partial charge in [-0.05, 0) is 116 Å². The average Bonchev–Trinajstić information content (AvgIpc) is 3.01. The third-order valence-electron chi connectivity index (χ3n) is 5.63. The number of nitrogens with one attached hydrogen (secondary N) is 1. The highest BCUT2D eigenvalue weighted by Crippen LogP contribution is 2.28. The molecule has 0 radical (unpaired) electrons. The molecule has 1 fully saturated rings. The summed E-state index contributed by atoms with van der Waals surface area (Å²) in [6.45, 7) is 7.99. The first-order valence-corrected chi connectivity index (χ1v) is 11.6. The SMILES string of the molecule is Cc1cc(-n2c(C)cc(/C=C3/C(=O)NC(=S)N(c4ccccc4C)C3=O)c2C)ccc1I. The number of halogens is 1. The normalized spacial score (nSPS) is 15.5. The van der Waals surface area contributed by atoms with Gasteiger partial charge in [0.05, 0.1) is 5.69 Å². The molecule has 1 aliphatic rings. The van der Waals surface area contributed by atoms with Crippen molar-refractivity contribution in [3.63, 3.8) is 0 Å².